The Bertz CT molecular complexity index is 764. The van der Waals surface area contributed by atoms with Gasteiger partial charge in [0.05, 0.1) is 29.8 Å². The third-order valence-corrected chi connectivity index (χ3v) is 5.16. The van der Waals surface area contributed by atoms with E-state index in [-0.39, 0.29) is 0 Å². The maximum Gasteiger partial charge on any atom is 0.0946 e. The molecule has 4 rings (SSSR count). The number of imidazole rings is 2. The van der Waals surface area contributed by atoms with E-state index in [1.54, 1.807) is 6.33 Å². The topological polar surface area (TPSA) is 55.7 Å². The number of hydrogen-bond acceptors (Lipinski definition) is 3. The van der Waals surface area contributed by atoms with E-state index in [4.69, 9.17) is 4.74 Å². The van der Waals surface area contributed by atoms with Crippen molar-refractivity contribution >= 4 is 11.0 Å². The third-order valence-electron chi connectivity index (χ3n) is 5.16. The summed E-state index contributed by atoms with van der Waals surface area (Å²) in [5.74, 6) is 1.11. The first-order valence-electron chi connectivity index (χ1n) is 8.25. The molecule has 5 heteroatoms. The van der Waals surface area contributed by atoms with E-state index < -0.39 is 0 Å². The molecule has 23 heavy (non-hydrogen) atoms. The van der Waals surface area contributed by atoms with Gasteiger partial charge in [0, 0.05) is 26.0 Å². The van der Waals surface area contributed by atoms with Gasteiger partial charge < -0.3 is 14.3 Å². The van der Waals surface area contributed by atoms with Gasteiger partial charge in [0.25, 0.3) is 0 Å². The Kier molecular flexibility index (Phi) is 3.87. The highest BCUT2D eigenvalue weighted by Crippen LogP contribution is 2.40. The van der Waals surface area contributed by atoms with Crippen molar-refractivity contribution in [2.75, 3.05) is 7.11 Å². The monoisotopic (exact) mass is 310 g/mol. The van der Waals surface area contributed by atoms with Crippen molar-refractivity contribution in [2.45, 2.75) is 37.8 Å². The molecular weight excluding hydrogens is 288 g/mol. The molecule has 0 amide bonds. The van der Waals surface area contributed by atoms with Crippen molar-refractivity contribution in [2.24, 2.45) is 5.92 Å². The molecule has 1 fully saturated rings. The second-order valence-corrected chi connectivity index (χ2v) is 6.48. The summed E-state index contributed by atoms with van der Waals surface area (Å²) in [6.07, 6.45) is 11.3. The summed E-state index contributed by atoms with van der Waals surface area (Å²) in [4.78, 5) is 11.7. The number of nitrogens with one attached hydrogen (secondary N) is 1. The van der Waals surface area contributed by atoms with Crippen LogP contribution >= 0.6 is 0 Å². The lowest BCUT2D eigenvalue weighted by Gasteiger charge is -2.36. The number of aromatic amines is 1. The van der Waals surface area contributed by atoms with Gasteiger partial charge in [0.15, 0.2) is 0 Å². The second-order valence-electron chi connectivity index (χ2n) is 6.48. The first-order valence-corrected chi connectivity index (χ1v) is 8.25. The van der Waals surface area contributed by atoms with Crippen LogP contribution in [0, 0.1) is 5.92 Å². The maximum atomic E-state index is 5.66. The van der Waals surface area contributed by atoms with Gasteiger partial charge >= 0.3 is 0 Å². The molecule has 0 spiro atoms. The van der Waals surface area contributed by atoms with E-state index in [0.717, 1.165) is 30.4 Å². The number of hydrogen-bond donors (Lipinski definition) is 1. The fourth-order valence-corrected chi connectivity index (χ4v) is 3.88. The summed E-state index contributed by atoms with van der Waals surface area (Å²) in [5, 5.41) is 0. The van der Waals surface area contributed by atoms with E-state index in [1.807, 2.05) is 19.6 Å². The largest absolute Gasteiger partial charge is 0.381 e. The summed E-state index contributed by atoms with van der Waals surface area (Å²) >= 11 is 0. The van der Waals surface area contributed by atoms with E-state index in [0.29, 0.717) is 17.9 Å². The van der Waals surface area contributed by atoms with Crippen LogP contribution in [0.3, 0.4) is 0 Å². The highest BCUT2D eigenvalue weighted by Gasteiger charge is 2.32. The molecule has 2 heterocycles. The molecule has 5 nitrogen and oxygen atoms in total. The highest BCUT2D eigenvalue weighted by atomic mass is 16.5. The molecule has 1 N–H and O–H groups in total. The lowest BCUT2D eigenvalue weighted by atomic mass is 9.74. The number of benzene rings is 1. The third kappa shape index (κ3) is 2.88. The minimum absolute atomic E-state index is 0.358. The minimum atomic E-state index is 0.358. The van der Waals surface area contributed by atoms with Crippen molar-refractivity contribution in [1.82, 2.24) is 19.5 Å². The summed E-state index contributed by atoms with van der Waals surface area (Å²) < 4.78 is 7.85. The molecule has 1 aromatic carbocycles. The predicted octanol–water partition coefficient (Wildman–Crippen LogP) is 3.36. The van der Waals surface area contributed by atoms with Crippen molar-refractivity contribution in [3.05, 3.63) is 48.8 Å². The molecular formula is C18H22N4O. The fraction of sp³-hybridized carbons (Fsp3) is 0.444. The average molecular weight is 310 g/mol. The van der Waals surface area contributed by atoms with Gasteiger partial charge in [0.1, 0.15) is 0 Å². The Labute approximate surface area is 135 Å². The number of fused-ring (bicyclic) bond motifs is 1. The Morgan fingerprint density at radius 1 is 1.35 bits per heavy atom. The molecule has 0 bridgehead atoms. The van der Waals surface area contributed by atoms with E-state index >= 15 is 0 Å². The molecule has 0 aliphatic heterocycles. The van der Waals surface area contributed by atoms with Gasteiger partial charge in [-0.25, -0.2) is 9.97 Å². The van der Waals surface area contributed by atoms with Gasteiger partial charge in [-0.15, -0.1) is 0 Å². The van der Waals surface area contributed by atoms with Crippen LogP contribution < -0.4 is 0 Å². The quantitative estimate of drug-likeness (QED) is 0.804. The van der Waals surface area contributed by atoms with Gasteiger partial charge in [0.2, 0.25) is 0 Å². The molecule has 2 aromatic heterocycles. The SMILES string of the molecule is CO[C@@H]1CC[C@@H](Cn2ccnc2)C(c2ccc3nc[nH]c3c2)C1. The van der Waals surface area contributed by atoms with Crippen LogP contribution in [0.25, 0.3) is 11.0 Å². The van der Waals surface area contributed by atoms with Gasteiger partial charge in [-0.05, 0) is 48.8 Å². The Hall–Kier alpha value is -2.14. The lowest BCUT2D eigenvalue weighted by molar-refractivity contribution is 0.0433. The van der Waals surface area contributed by atoms with Crippen LogP contribution in [0.2, 0.25) is 0 Å². The van der Waals surface area contributed by atoms with Gasteiger partial charge in [-0.1, -0.05) is 6.07 Å². The van der Waals surface area contributed by atoms with Crippen LogP contribution in [-0.4, -0.2) is 32.7 Å². The first-order chi connectivity index (χ1) is 11.3. The van der Waals surface area contributed by atoms with Crippen LogP contribution in [0.5, 0.6) is 0 Å². The zero-order chi connectivity index (χ0) is 15.6. The molecule has 1 unspecified atom stereocenters. The van der Waals surface area contributed by atoms with Crippen LogP contribution in [0.15, 0.2) is 43.2 Å². The zero-order valence-corrected chi connectivity index (χ0v) is 13.4. The van der Waals surface area contributed by atoms with Crippen molar-refractivity contribution < 1.29 is 4.74 Å². The van der Waals surface area contributed by atoms with Crippen molar-refractivity contribution in [3.8, 4) is 0 Å². The van der Waals surface area contributed by atoms with Crippen LogP contribution in [0.1, 0.15) is 30.7 Å². The van der Waals surface area contributed by atoms with E-state index in [1.165, 1.54) is 12.0 Å². The maximum absolute atomic E-state index is 5.66. The summed E-state index contributed by atoms with van der Waals surface area (Å²) in [6, 6.07) is 6.60. The van der Waals surface area contributed by atoms with E-state index in [9.17, 15) is 0 Å². The summed E-state index contributed by atoms with van der Waals surface area (Å²) in [7, 11) is 1.83. The van der Waals surface area contributed by atoms with Crippen LogP contribution in [-0.2, 0) is 11.3 Å². The Balaban J connectivity index is 1.64. The number of aromatic nitrogens is 4. The number of ether oxygens (including phenoxy) is 1. The molecule has 1 saturated carbocycles. The molecule has 3 atom stereocenters. The normalized spacial score (nSPS) is 25.0. The second kappa shape index (κ2) is 6.16. The molecule has 0 saturated heterocycles. The van der Waals surface area contributed by atoms with Crippen molar-refractivity contribution in [3.63, 3.8) is 0 Å². The lowest BCUT2D eigenvalue weighted by Crippen LogP contribution is -2.30. The Morgan fingerprint density at radius 2 is 2.30 bits per heavy atom. The number of methoxy groups -OCH3 is 1. The van der Waals surface area contributed by atoms with E-state index in [2.05, 4.69) is 43.9 Å². The smallest absolute Gasteiger partial charge is 0.0946 e. The molecule has 1 aliphatic rings. The molecule has 0 radical (unpaired) electrons. The highest BCUT2D eigenvalue weighted by molar-refractivity contribution is 5.75. The van der Waals surface area contributed by atoms with Gasteiger partial charge in [-0.2, -0.15) is 0 Å². The standard InChI is InChI=1S/C18H22N4O/c1-23-15-4-2-14(10-22-7-6-19-12-22)16(9-15)13-3-5-17-18(8-13)21-11-20-17/h3,5-8,11-12,14-16H,2,4,9-10H2,1H3,(H,20,21)/t14-,15+,16?/m0/s1. The fourth-order valence-electron chi connectivity index (χ4n) is 3.88. The minimum Gasteiger partial charge on any atom is -0.381 e. The summed E-state index contributed by atoms with van der Waals surface area (Å²) in [6.45, 7) is 1.02. The number of H-pyrrole nitrogens is 1. The summed E-state index contributed by atoms with van der Waals surface area (Å²) in [5.41, 5.74) is 3.52. The Morgan fingerprint density at radius 3 is 3.13 bits per heavy atom. The molecule has 3 aromatic rings. The predicted molar refractivity (Wildman–Crippen MR) is 89.2 cm³/mol. The van der Waals surface area contributed by atoms with Crippen molar-refractivity contribution in [1.29, 1.82) is 0 Å². The zero-order valence-electron chi connectivity index (χ0n) is 13.4. The first kappa shape index (κ1) is 14.5. The van der Waals surface area contributed by atoms with Gasteiger partial charge in [-0.3, -0.25) is 0 Å². The molecule has 1 aliphatic carbocycles. The molecule has 120 valence electrons. The number of nitrogens with zero attached hydrogens (tertiary/aromatic N) is 3. The van der Waals surface area contributed by atoms with Crippen LogP contribution in [0.4, 0.5) is 0 Å². The average Bonchev–Trinajstić information content (AvgIpc) is 3.25. The number of rotatable bonds is 4.